The Bertz CT molecular complexity index is 699. The molecule has 0 unspecified atom stereocenters. The Balaban J connectivity index is 2.36. The molecule has 0 amide bonds. The summed E-state index contributed by atoms with van der Waals surface area (Å²) in [5.74, 6) is 0.862. The third-order valence-electron chi connectivity index (χ3n) is 2.74. The molecule has 2 heterocycles. The summed E-state index contributed by atoms with van der Waals surface area (Å²) < 4.78 is 1.99. The van der Waals surface area contributed by atoms with Crippen LogP contribution >= 0.6 is 22.9 Å². The van der Waals surface area contributed by atoms with Crippen LogP contribution in [-0.4, -0.2) is 9.55 Å². The topological polar surface area (TPSA) is 43.8 Å². The molecule has 0 radical (unpaired) electrons. The minimum Gasteiger partial charge on any atom is -0.397 e. The number of nitrogens with zero attached hydrogens (tertiary/aromatic N) is 2. The predicted octanol–water partition coefficient (Wildman–Crippen LogP) is 3.54. The molecule has 2 aromatic heterocycles. The van der Waals surface area contributed by atoms with Crippen LogP contribution in [0.5, 0.6) is 0 Å². The number of fused-ring (bicyclic) bond motifs is 1. The van der Waals surface area contributed by atoms with Gasteiger partial charge >= 0.3 is 0 Å². The van der Waals surface area contributed by atoms with Crippen LogP contribution in [0, 0.1) is 0 Å². The molecule has 0 fully saturated rings. The molecule has 0 aliphatic carbocycles. The molecule has 0 aliphatic rings. The average Bonchev–Trinajstić information content (AvgIpc) is 2.84. The van der Waals surface area contributed by atoms with Crippen LogP contribution in [0.4, 0.5) is 5.69 Å². The lowest BCUT2D eigenvalue weighted by molar-refractivity contribution is 0.963. The van der Waals surface area contributed by atoms with E-state index in [1.165, 1.54) is 0 Å². The summed E-state index contributed by atoms with van der Waals surface area (Å²) in [5.41, 5.74) is 8.51. The van der Waals surface area contributed by atoms with Gasteiger partial charge in [-0.25, -0.2) is 4.98 Å². The number of hydrogen-bond donors (Lipinski definition) is 1. The SMILES string of the molecule is Cn1c(-c2sccc2N)nc2cccc(Cl)c21. The highest BCUT2D eigenvalue weighted by atomic mass is 35.5. The van der Waals surface area contributed by atoms with Crippen molar-refractivity contribution in [3.8, 4) is 10.7 Å². The fourth-order valence-electron chi connectivity index (χ4n) is 1.93. The van der Waals surface area contributed by atoms with Crippen molar-refractivity contribution in [3.05, 3.63) is 34.7 Å². The molecule has 0 saturated heterocycles. The fraction of sp³-hybridized carbons (Fsp3) is 0.0833. The minimum atomic E-state index is 0.707. The monoisotopic (exact) mass is 263 g/mol. The number of hydrogen-bond acceptors (Lipinski definition) is 3. The Morgan fingerprint density at radius 2 is 2.18 bits per heavy atom. The van der Waals surface area contributed by atoms with Crippen molar-refractivity contribution in [2.24, 2.45) is 7.05 Å². The zero-order valence-electron chi connectivity index (χ0n) is 9.14. The van der Waals surface area contributed by atoms with Crippen LogP contribution in [0.15, 0.2) is 29.6 Å². The second-order valence-electron chi connectivity index (χ2n) is 3.81. The molecule has 3 nitrogen and oxygen atoms in total. The van der Waals surface area contributed by atoms with E-state index >= 15 is 0 Å². The van der Waals surface area contributed by atoms with Crippen molar-refractivity contribution in [1.29, 1.82) is 0 Å². The molecule has 2 N–H and O–H groups in total. The zero-order chi connectivity index (χ0) is 12.0. The van der Waals surface area contributed by atoms with E-state index in [2.05, 4.69) is 4.98 Å². The molecule has 0 bridgehead atoms. The van der Waals surface area contributed by atoms with Gasteiger partial charge in [-0.3, -0.25) is 0 Å². The third kappa shape index (κ3) is 1.52. The van der Waals surface area contributed by atoms with Gasteiger partial charge in [-0.15, -0.1) is 11.3 Å². The van der Waals surface area contributed by atoms with E-state index in [4.69, 9.17) is 17.3 Å². The maximum absolute atomic E-state index is 6.19. The number of nitrogen functional groups attached to an aromatic ring is 1. The largest absolute Gasteiger partial charge is 0.397 e. The molecule has 0 atom stereocenters. The van der Waals surface area contributed by atoms with Crippen LogP contribution in [0.3, 0.4) is 0 Å². The van der Waals surface area contributed by atoms with Crippen LogP contribution < -0.4 is 5.73 Å². The Morgan fingerprint density at radius 3 is 2.82 bits per heavy atom. The molecule has 0 saturated carbocycles. The zero-order valence-corrected chi connectivity index (χ0v) is 10.7. The number of halogens is 1. The Hall–Kier alpha value is -1.52. The number of anilines is 1. The first-order chi connectivity index (χ1) is 8.18. The van der Waals surface area contributed by atoms with E-state index in [0.29, 0.717) is 5.02 Å². The highest BCUT2D eigenvalue weighted by Crippen LogP contribution is 2.34. The lowest BCUT2D eigenvalue weighted by Crippen LogP contribution is -1.93. The summed E-state index contributed by atoms with van der Waals surface area (Å²) in [7, 11) is 1.95. The molecule has 0 spiro atoms. The van der Waals surface area contributed by atoms with Crippen LogP contribution in [-0.2, 0) is 7.05 Å². The second kappa shape index (κ2) is 3.75. The maximum atomic E-state index is 6.19. The molecular weight excluding hydrogens is 254 g/mol. The average molecular weight is 264 g/mol. The molecule has 17 heavy (non-hydrogen) atoms. The third-order valence-corrected chi connectivity index (χ3v) is 3.97. The summed E-state index contributed by atoms with van der Waals surface area (Å²) >= 11 is 7.77. The van der Waals surface area contributed by atoms with Gasteiger partial charge in [0, 0.05) is 7.05 Å². The van der Waals surface area contributed by atoms with Gasteiger partial charge in [0.2, 0.25) is 0 Å². The number of imidazole rings is 1. The van der Waals surface area contributed by atoms with Crippen molar-refractivity contribution in [2.45, 2.75) is 0 Å². The standard InChI is InChI=1S/C12H10ClN3S/c1-16-10-7(13)3-2-4-9(10)15-12(16)11-8(14)5-6-17-11/h2-6H,14H2,1H3. The summed E-state index contributed by atoms with van der Waals surface area (Å²) in [4.78, 5) is 5.57. The van der Waals surface area contributed by atoms with Crippen LogP contribution in [0.25, 0.3) is 21.7 Å². The molecule has 0 aliphatic heterocycles. The van der Waals surface area contributed by atoms with Crippen molar-refractivity contribution in [3.63, 3.8) is 0 Å². The van der Waals surface area contributed by atoms with Crippen molar-refractivity contribution >= 4 is 39.7 Å². The van der Waals surface area contributed by atoms with Gasteiger partial charge < -0.3 is 10.3 Å². The molecule has 5 heteroatoms. The number of benzene rings is 1. The number of rotatable bonds is 1. The smallest absolute Gasteiger partial charge is 0.153 e. The second-order valence-corrected chi connectivity index (χ2v) is 5.13. The van der Waals surface area contributed by atoms with Gasteiger partial charge in [0.25, 0.3) is 0 Å². The first-order valence-electron chi connectivity index (χ1n) is 5.13. The lowest BCUT2D eigenvalue weighted by atomic mass is 10.3. The van der Waals surface area contributed by atoms with E-state index in [1.807, 2.05) is 41.3 Å². The van der Waals surface area contributed by atoms with E-state index < -0.39 is 0 Å². The van der Waals surface area contributed by atoms with E-state index in [0.717, 1.165) is 27.4 Å². The van der Waals surface area contributed by atoms with Gasteiger partial charge in [-0.1, -0.05) is 17.7 Å². The van der Waals surface area contributed by atoms with Gasteiger partial charge in [0.15, 0.2) is 5.82 Å². The number of para-hydroxylation sites is 1. The molecular formula is C12H10ClN3S. The number of aryl methyl sites for hydroxylation is 1. The molecule has 86 valence electrons. The summed E-state index contributed by atoms with van der Waals surface area (Å²) in [6.07, 6.45) is 0. The van der Waals surface area contributed by atoms with E-state index in [-0.39, 0.29) is 0 Å². The Morgan fingerprint density at radius 1 is 1.35 bits per heavy atom. The minimum absolute atomic E-state index is 0.707. The number of nitrogens with two attached hydrogens (primary N) is 1. The normalized spacial score (nSPS) is 11.2. The van der Waals surface area contributed by atoms with Crippen molar-refractivity contribution in [2.75, 3.05) is 5.73 Å². The first-order valence-corrected chi connectivity index (χ1v) is 6.38. The molecule has 3 aromatic rings. The van der Waals surface area contributed by atoms with E-state index in [9.17, 15) is 0 Å². The van der Waals surface area contributed by atoms with E-state index in [1.54, 1.807) is 11.3 Å². The predicted molar refractivity (Wildman–Crippen MR) is 73.4 cm³/mol. The van der Waals surface area contributed by atoms with Crippen molar-refractivity contribution in [1.82, 2.24) is 9.55 Å². The lowest BCUT2D eigenvalue weighted by Gasteiger charge is -2.01. The summed E-state index contributed by atoms with van der Waals surface area (Å²) in [6, 6.07) is 7.61. The Labute approximate surface area is 107 Å². The quantitative estimate of drug-likeness (QED) is 0.730. The van der Waals surface area contributed by atoms with Gasteiger partial charge in [0.1, 0.15) is 0 Å². The Kier molecular flexibility index (Phi) is 2.34. The van der Waals surface area contributed by atoms with Crippen LogP contribution in [0.2, 0.25) is 5.02 Å². The van der Waals surface area contributed by atoms with Gasteiger partial charge in [0.05, 0.1) is 26.6 Å². The molecule has 1 aromatic carbocycles. The first kappa shape index (κ1) is 10.6. The highest BCUT2D eigenvalue weighted by molar-refractivity contribution is 7.14. The summed E-state index contributed by atoms with van der Waals surface area (Å²) in [5, 5.41) is 2.67. The highest BCUT2D eigenvalue weighted by Gasteiger charge is 2.14. The van der Waals surface area contributed by atoms with Crippen molar-refractivity contribution < 1.29 is 0 Å². The maximum Gasteiger partial charge on any atom is 0.153 e. The fourth-order valence-corrected chi connectivity index (χ4v) is 3.06. The number of thiophene rings is 1. The van der Waals surface area contributed by atoms with Crippen LogP contribution in [0.1, 0.15) is 0 Å². The van der Waals surface area contributed by atoms with Gasteiger partial charge in [-0.2, -0.15) is 0 Å². The molecule has 3 rings (SSSR count). The summed E-state index contributed by atoms with van der Waals surface area (Å²) in [6.45, 7) is 0. The number of aromatic nitrogens is 2. The van der Waals surface area contributed by atoms with Gasteiger partial charge in [-0.05, 0) is 23.6 Å².